The predicted octanol–water partition coefficient (Wildman–Crippen LogP) is 2.42. The van der Waals surface area contributed by atoms with Gasteiger partial charge in [-0.05, 0) is 31.4 Å². The first-order valence-electron chi connectivity index (χ1n) is 8.68. The second kappa shape index (κ2) is 7.43. The maximum atomic E-state index is 12.7. The van der Waals surface area contributed by atoms with Gasteiger partial charge in [0.25, 0.3) is 5.92 Å². The molecule has 1 saturated carbocycles. The van der Waals surface area contributed by atoms with Gasteiger partial charge in [0.1, 0.15) is 10.7 Å². The van der Waals surface area contributed by atoms with Gasteiger partial charge in [0.05, 0.1) is 0 Å². The number of alkyl halides is 2. The van der Waals surface area contributed by atoms with Crippen molar-refractivity contribution >= 4 is 21.9 Å². The highest BCUT2D eigenvalue weighted by molar-refractivity contribution is 7.89. The molecule has 7 nitrogen and oxygen atoms in total. The average molecular weight is 388 g/mol. The summed E-state index contributed by atoms with van der Waals surface area (Å²) >= 11 is 0. The molecule has 2 aliphatic rings. The number of halogens is 2. The SMILES string of the molecule is O=C(NCCC1CC1(F)F)Nc1ccc(S(=O)(=O)N2CCCCC2)cn1. The quantitative estimate of drug-likeness (QED) is 0.783. The molecular formula is C16H22F2N4O3S. The molecule has 1 aliphatic carbocycles. The summed E-state index contributed by atoms with van der Waals surface area (Å²) in [5.74, 6) is -3.05. The Morgan fingerprint density at radius 2 is 1.96 bits per heavy atom. The van der Waals surface area contributed by atoms with E-state index >= 15 is 0 Å². The molecule has 1 aromatic rings. The predicted molar refractivity (Wildman–Crippen MR) is 91.5 cm³/mol. The molecule has 2 heterocycles. The van der Waals surface area contributed by atoms with Gasteiger partial charge in [-0.3, -0.25) is 5.32 Å². The summed E-state index contributed by atoms with van der Waals surface area (Å²) in [6.45, 7) is 1.16. The van der Waals surface area contributed by atoms with E-state index in [-0.39, 0.29) is 30.1 Å². The average Bonchev–Trinajstić information content (AvgIpc) is 3.23. The smallest absolute Gasteiger partial charge is 0.320 e. The largest absolute Gasteiger partial charge is 0.338 e. The lowest BCUT2D eigenvalue weighted by molar-refractivity contribution is 0.0971. The number of amides is 2. The lowest BCUT2D eigenvalue weighted by Gasteiger charge is -2.25. The van der Waals surface area contributed by atoms with Gasteiger partial charge >= 0.3 is 6.03 Å². The number of piperidine rings is 1. The normalized spacial score (nSPS) is 22.6. The minimum atomic E-state index is -3.56. The van der Waals surface area contributed by atoms with Crippen LogP contribution in [0.5, 0.6) is 0 Å². The molecule has 2 N–H and O–H groups in total. The molecule has 0 spiro atoms. The van der Waals surface area contributed by atoms with Gasteiger partial charge in [-0.25, -0.2) is 27.0 Å². The third-order valence-corrected chi connectivity index (χ3v) is 6.55. The van der Waals surface area contributed by atoms with Crippen LogP contribution >= 0.6 is 0 Å². The Kier molecular flexibility index (Phi) is 5.42. The Morgan fingerprint density at radius 1 is 1.27 bits per heavy atom. The molecule has 1 saturated heterocycles. The van der Waals surface area contributed by atoms with Crippen LogP contribution in [0.3, 0.4) is 0 Å². The monoisotopic (exact) mass is 388 g/mol. The molecule has 2 amide bonds. The maximum Gasteiger partial charge on any atom is 0.320 e. The lowest BCUT2D eigenvalue weighted by Crippen LogP contribution is -2.35. The number of carbonyl (C=O) groups is 1. The maximum absolute atomic E-state index is 12.7. The molecule has 1 aliphatic heterocycles. The van der Waals surface area contributed by atoms with Crippen LogP contribution in [-0.2, 0) is 10.0 Å². The number of urea groups is 1. The van der Waals surface area contributed by atoms with Crippen LogP contribution in [0, 0.1) is 5.92 Å². The molecule has 26 heavy (non-hydrogen) atoms. The van der Waals surface area contributed by atoms with Crippen molar-refractivity contribution in [3.63, 3.8) is 0 Å². The summed E-state index contributed by atoms with van der Waals surface area (Å²) in [6.07, 6.45) is 4.04. The highest BCUT2D eigenvalue weighted by Gasteiger charge is 2.55. The molecule has 1 atom stereocenters. The van der Waals surface area contributed by atoms with Crippen LogP contribution in [-0.4, -0.2) is 49.3 Å². The van der Waals surface area contributed by atoms with E-state index in [2.05, 4.69) is 15.6 Å². The topological polar surface area (TPSA) is 91.4 Å². The van der Waals surface area contributed by atoms with Crippen molar-refractivity contribution in [3.05, 3.63) is 18.3 Å². The summed E-state index contributed by atoms with van der Waals surface area (Å²) in [6, 6.07) is 2.25. The molecule has 2 fully saturated rings. The number of hydrogen-bond acceptors (Lipinski definition) is 4. The first kappa shape index (κ1) is 19.0. The van der Waals surface area contributed by atoms with Gasteiger partial charge in [0.2, 0.25) is 10.0 Å². The fraction of sp³-hybridized carbons (Fsp3) is 0.625. The number of anilines is 1. The second-order valence-electron chi connectivity index (χ2n) is 6.68. The van der Waals surface area contributed by atoms with Crippen LogP contribution in [0.4, 0.5) is 19.4 Å². The van der Waals surface area contributed by atoms with E-state index < -0.39 is 27.9 Å². The van der Waals surface area contributed by atoms with Gasteiger partial charge in [0, 0.05) is 38.2 Å². The molecule has 1 aromatic heterocycles. The van der Waals surface area contributed by atoms with E-state index in [1.54, 1.807) is 0 Å². The molecule has 3 rings (SSSR count). The summed E-state index contributed by atoms with van der Waals surface area (Å²) in [5, 5.41) is 4.94. The number of rotatable bonds is 6. The fourth-order valence-electron chi connectivity index (χ4n) is 2.96. The zero-order chi connectivity index (χ0) is 18.8. The van der Waals surface area contributed by atoms with E-state index in [1.807, 2.05) is 0 Å². The zero-order valence-corrected chi connectivity index (χ0v) is 15.1. The number of carbonyl (C=O) groups excluding carboxylic acids is 1. The minimum Gasteiger partial charge on any atom is -0.338 e. The van der Waals surface area contributed by atoms with E-state index in [1.165, 1.54) is 22.6 Å². The zero-order valence-electron chi connectivity index (χ0n) is 14.2. The number of nitrogens with zero attached hydrogens (tertiary/aromatic N) is 2. The Morgan fingerprint density at radius 3 is 2.54 bits per heavy atom. The van der Waals surface area contributed by atoms with Gasteiger partial charge in [-0.1, -0.05) is 6.42 Å². The van der Waals surface area contributed by atoms with Crippen molar-refractivity contribution in [3.8, 4) is 0 Å². The third-order valence-electron chi connectivity index (χ3n) is 4.66. The first-order valence-corrected chi connectivity index (χ1v) is 10.1. The van der Waals surface area contributed by atoms with Crippen molar-refractivity contribution in [2.45, 2.75) is 42.9 Å². The van der Waals surface area contributed by atoms with Crippen molar-refractivity contribution in [2.24, 2.45) is 5.92 Å². The summed E-state index contributed by atoms with van der Waals surface area (Å²) in [7, 11) is -3.56. The van der Waals surface area contributed by atoms with E-state index in [0.29, 0.717) is 13.1 Å². The van der Waals surface area contributed by atoms with Gasteiger partial charge < -0.3 is 5.32 Å². The standard InChI is InChI=1S/C16H22F2N4O3S/c17-16(18)10-12(16)6-7-19-15(23)21-14-5-4-13(11-20-14)26(24,25)22-8-2-1-3-9-22/h4-5,11-12H,1-3,6-10H2,(H2,19,20,21,23). The fourth-order valence-corrected chi connectivity index (χ4v) is 4.43. The molecule has 0 radical (unpaired) electrons. The van der Waals surface area contributed by atoms with Gasteiger partial charge in [0.15, 0.2) is 0 Å². The number of sulfonamides is 1. The van der Waals surface area contributed by atoms with Crippen LogP contribution in [0.1, 0.15) is 32.1 Å². The summed E-state index contributed by atoms with van der Waals surface area (Å²) < 4.78 is 52.0. The number of aromatic nitrogens is 1. The Labute approximate surface area is 151 Å². The highest BCUT2D eigenvalue weighted by Crippen LogP contribution is 2.50. The first-order chi connectivity index (χ1) is 12.3. The molecular weight excluding hydrogens is 366 g/mol. The van der Waals surface area contributed by atoms with E-state index in [9.17, 15) is 22.0 Å². The molecule has 10 heteroatoms. The van der Waals surface area contributed by atoms with E-state index in [0.717, 1.165) is 19.3 Å². The van der Waals surface area contributed by atoms with Crippen LogP contribution in [0.2, 0.25) is 0 Å². The Hall–Kier alpha value is -1.81. The van der Waals surface area contributed by atoms with Gasteiger partial charge in [-0.15, -0.1) is 0 Å². The highest BCUT2D eigenvalue weighted by atomic mass is 32.2. The molecule has 1 unspecified atom stereocenters. The van der Waals surface area contributed by atoms with Crippen LogP contribution < -0.4 is 10.6 Å². The number of pyridine rings is 1. The van der Waals surface area contributed by atoms with Gasteiger partial charge in [-0.2, -0.15) is 4.31 Å². The van der Waals surface area contributed by atoms with E-state index in [4.69, 9.17) is 0 Å². The van der Waals surface area contributed by atoms with Crippen LogP contribution in [0.15, 0.2) is 23.2 Å². The van der Waals surface area contributed by atoms with Crippen molar-refractivity contribution < 1.29 is 22.0 Å². The summed E-state index contributed by atoms with van der Waals surface area (Å²) in [5.41, 5.74) is 0. The summed E-state index contributed by atoms with van der Waals surface area (Å²) in [4.78, 5) is 15.8. The Bertz CT molecular complexity index is 749. The molecule has 144 valence electrons. The molecule has 0 aromatic carbocycles. The third kappa shape index (κ3) is 4.47. The Balaban J connectivity index is 1.50. The van der Waals surface area contributed by atoms with Crippen molar-refractivity contribution in [1.82, 2.24) is 14.6 Å². The second-order valence-corrected chi connectivity index (χ2v) is 8.61. The minimum absolute atomic E-state index is 0.0846. The number of nitrogens with one attached hydrogen (secondary N) is 2. The lowest BCUT2D eigenvalue weighted by atomic mass is 10.2. The number of hydrogen-bond donors (Lipinski definition) is 2. The van der Waals surface area contributed by atoms with Crippen molar-refractivity contribution in [2.75, 3.05) is 25.0 Å². The van der Waals surface area contributed by atoms with Crippen molar-refractivity contribution in [1.29, 1.82) is 0 Å². The van der Waals surface area contributed by atoms with Crippen LogP contribution in [0.25, 0.3) is 0 Å². The molecule has 0 bridgehead atoms.